The number of hydrogen-bond donors (Lipinski definition) is 1. The van der Waals surface area contributed by atoms with Crippen LogP contribution in [0, 0.1) is 0 Å². The van der Waals surface area contributed by atoms with Crippen molar-refractivity contribution in [3.05, 3.63) is 48.4 Å². The Hall–Kier alpha value is -2.66. The Labute approximate surface area is 146 Å². The van der Waals surface area contributed by atoms with Gasteiger partial charge in [0.25, 0.3) is 0 Å². The number of rotatable bonds is 5. The number of nitrogens with zero attached hydrogens (tertiary/aromatic N) is 3. The van der Waals surface area contributed by atoms with E-state index in [-0.39, 0.29) is 12.3 Å². The maximum Gasteiger partial charge on any atom is 0.573 e. The van der Waals surface area contributed by atoms with E-state index < -0.39 is 16.4 Å². The van der Waals surface area contributed by atoms with Gasteiger partial charge in [0, 0.05) is 6.20 Å². The summed E-state index contributed by atoms with van der Waals surface area (Å²) in [6.45, 7) is -0.0399. The van der Waals surface area contributed by atoms with Crippen molar-refractivity contribution in [1.82, 2.24) is 19.3 Å². The van der Waals surface area contributed by atoms with E-state index in [1.54, 1.807) is 22.7 Å². The normalized spacial score (nSPS) is 12.5. The van der Waals surface area contributed by atoms with Gasteiger partial charge in [-0.25, -0.2) is 13.1 Å². The van der Waals surface area contributed by atoms with E-state index in [4.69, 9.17) is 0 Å². The molecule has 0 fully saturated rings. The highest BCUT2D eigenvalue weighted by molar-refractivity contribution is 7.88. The van der Waals surface area contributed by atoms with E-state index in [1.165, 1.54) is 24.3 Å². The van der Waals surface area contributed by atoms with Crippen LogP contribution in [-0.2, 0) is 16.6 Å². The molecule has 1 N–H and O–H groups in total. The number of ether oxygens (including phenoxy) is 1. The van der Waals surface area contributed by atoms with E-state index in [1.807, 2.05) is 0 Å². The molecule has 7 nitrogen and oxygen atoms in total. The van der Waals surface area contributed by atoms with Crippen molar-refractivity contribution >= 4 is 15.7 Å². The van der Waals surface area contributed by atoms with Crippen LogP contribution in [0.4, 0.5) is 13.2 Å². The fraction of sp³-hybridized carbons (Fsp3) is 0.200. The smallest absolute Gasteiger partial charge is 0.406 e. The van der Waals surface area contributed by atoms with Crippen LogP contribution in [0.2, 0.25) is 0 Å². The lowest BCUT2D eigenvalue weighted by molar-refractivity contribution is -0.274. The number of halogens is 3. The molecule has 1 aromatic carbocycles. The molecule has 0 aliphatic rings. The Morgan fingerprint density at radius 2 is 1.73 bits per heavy atom. The highest BCUT2D eigenvalue weighted by atomic mass is 32.2. The third kappa shape index (κ3) is 4.49. The van der Waals surface area contributed by atoms with Gasteiger partial charge < -0.3 is 4.74 Å². The fourth-order valence-electron chi connectivity index (χ4n) is 2.27. The Morgan fingerprint density at radius 3 is 2.35 bits per heavy atom. The molecule has 0 aliphatic heterocycles. The molecule has 11 heteroatoms. The summed E-state index contributed by atoms with van der Waals surface area (Å²) in [5.41, 5.74) is 1.85. The molecule has 2 aromatic heterocycles. The molecule has 3 aromatic rings. The van der Waals surface area contributed by atoms with E-state index in [2.05, 4.69) is 19.7 Å². The molecular formula is C15H13F3N4O3S. The van der Waals surface area contributed by atoms with E-state index >= 15 is 0 Å². The van der Waals surface area contributed by atoms with Crippen molar-refractivity contribution in [3.8, 4) is 16.9 Å². The molecule has 0 unspecified atom stereocenters. The summed E-state index contributed by atoms with van der Waals surface area (Å²) in [6.07, 6.45) is -2.04. The zero-order chi connectivity index (χ0) is 18.9. The zero-order valence-electron chi connectivity index (χ0n) is 13.4. The number of sulfonamides is 1. The lowest BCUT2D eigenvalue weighted by Gasteiger charge is -2.09. The largest absolute Gasteiger partial charge is 0.573 e. The summed E-state index contributed by atoms with van der Waals surface area (Å²) in [4.78, 5) is 0. The predicted octanol–water partition coefficient (Wildman–Crippen LogP) is 2.34. The first kappa shape index (κ1) is 18.1. The third-order valence-electron chi connectivity index (χ3n) is 3.39. The van der Waals surface area contributed by atoms with Gasteiger partial charge in [-0.1, -0.05) is 12.1 Å². The van der Waals surface area contributed by atoms with Crippen molar-refractivity contribution in [2.75, 3.05) is 6.26 Å². The summed E-state index contributed by atoms with van der Waals surface area (Å²) in [7, 11) is -3.39. The monoisotopic (exact) mass is 386 g/mol. The standard InChI is InChI=1S/C15H13F3N4O3S/c1-26(23,24)19-8-14-21-20-13-7-4-11(9-22(13)14)10-2-5-12(6-3-10)25-15(16,17)18/h2-7,9,19H,8H2,1H3. The number of fused-ring (bicyclic) bond motifs is 1. The molecule has 0 radical (unpaired) electrons. The molecule has 26 heavy (non-hydrogen) atoms. The number of aromatic nitrogens is 3. The number of nitrogens with one attached hydrogen (secondary N) is 1. The van der Waals surface area contributed by atoms with Crippen LogP contribution < -0.4 is 9.46 Å². The Balaban J connectivity index is 1.88. The second-order valence-electron chi connectivity index (χ2n) is 5.43. The van der Waals surface area contributed by atoms with Crippen LogP contribution in [0.3, 0.4) is 0 Å². The summed E-state index contributed by atoms with van der Waals surface area (Å²) >= 11 is 0. The second kappa shape index (κ2) is 6.57. The summed E-state index contributed by atoms with van der Waals surface area (Å²) in [5.74, 6) is 0.0639. The van der Waals surface area contributed by atoms with Gasteiger partial charge in [-0.2, -0.15) is 0 Å². The molecule has 0 bridgehead atoms. The number of pyridine rings is 1. The Bertz CT molecular complexity index is 1030. The van der Waals surface area contributed by atoms with Gasteiger partial charge in [0.05, 0.1) is 12.8 Å². The molecule has 0 spiro atoms. The van der Waals surface area contributed by atoms with Gasteiger partial charge in [0.2, 0.25) is 10.0 Å². The molecule has 0 atom stereocenters. The molecule has 3 rings (SSSR count). The van der Waals surface area contributed by atoms with Gasteiger partial charge >= 0.3 is 6.36 Å². The second-order valence-corrected chi connectivity index (χ2v) is 7.26. The van der Waals surface area contributed by atoms with E-state index in [0.717, 1.165) is 6.26 Å². The number of hydrogen-bond acceptors (Lipinski definition) is 5. The molecular weight excluding hydrogens is 373 g/mol. The molecule has 2 heterocycles. The molecule has 0 saturated heterocycles. The van der Waals surface area contributed by atoms with Crippen molar-refractivity contribution in [3.63, 3.8) is 0 Å². The topological polar surface area (TPSA) is 85.6 Å². The van der Waals surface area contributed by atoms with Gasteiger partial charge in [-0.3, -0.25) is 4.40 Å². The van der Waals surface area contributed by atoms with Crippen molar-refractivity contribution < 1.29 is 26.3 Å². The SMILES string of the molecule is CS(=O)(=O)NCc1nnc2ccc(-c3ccc(OC(F)(F)F)cc3)cn12. The lowest BCUT2D eigenvalue weighted by atomic mass is 10.1. The first-order valence-electron chi connectivity index (χ1n) is 7.25. The van der Waals surface area contributed by atoms with Gasteiger partial charge in [-0.15, -0.1) is 23.4 Å². The molecule has 0 saturated carbocycles. The Kier molecular flexibility index (Phi) is 4.59. The van der Waals surface area contributed by atoms with Crippen molar-refractivity contribution in [2.24, 2.45) is 0 Å². The number of alkyl halides is 3. The average Bonchev–Trinajstić information content (AvgIpc) is 2.94. The van der Waals surface area contributed by atoms with Crippen LogP contribution in [0.1, 0.15) is 5.82 Å². The Morgan fingerprint density at radius 1 is 1.08 bits per heavy atom. The van der Waals surface area contributed by atoms with E-state index in [0.29, 0.717) is 22.6 Å². The summed E-state index contributed by atoms with van der Waals surface area (Å²) in [5, 5.41) is 7.87. The molecule has 138 valence electrons. The van der Waals surface area contributed by atoms with Crippen LogP contribution >= 0.6 is 0 Å². The summed E-state index contributed by atoms with van der Waals surface area (Å²) < 4.78 is 66.9. The maximum absolute atomic E-state index is 12.2. The van der Waals surface area contributed by atoms with Crippen LogP contribution in [-0.4, -0.2) is 35.6 Å². The number of benzene rings is 1. The van der Waals surface area contributed by atoms with Crippen LogP contribution in [0.5, 0.6) is 5.75 Å². The van der Waals surface area contributed by atoms with Gasteiger partial charge in [-0.05, 0) is 35.4 Å². The predicted molar refractivity (Wildman–Crippen MR) is 86.8 cm³/mol. The van der Waals surface area contributed by atoms with Crippen molar-refractivity contribution in [1.29, 1.82) is 0 Å². The minimum Gasteiger partial charge on any atom is -0.406 e. The van der Waals surface area contributed by atoms with Gasteiger partial charge in [0.1, 0.15) is 5.75 Å². The quantitative estimate of drug-likeness (QED) is 0.728. The maximum atomic E-state index is 12.2. The van der Waals surface area contributed by atoms with Crippen LogP contribution in [0.15, 0.2) is 42.6 Å². The highest BCUT2D eigenvalue weighted by Gasteiger charge is 2.30. The first-order chi connectivity index (χ1) is 12.1. The summed E-state index contributed by atoms with van der Waals surface area (Å²) in [6, 6.07) is 8.81. The average molecular weight is 386 g/mol. The lowest BCUT2D eigenvalue weighted by Crippen LogP contribution is -2.22. The molecule has 0 amide bonds. The fourth-order valence-corrected chi connectivity index (χ4v) is 2.67. The zero-order valence-corrected chi connectivity index (χ0v) is 14.2. The minimum atomic E-state index is -4.75. The van der Waals surface area contributed by atoms with Gasteiger partial charge in [0.15, 0.2) is 11.5 Å². The molecule has 0 aliphatic carbocycles. The minimum absolute atomic E-state index is 0.0399. The van der Waals surface area contributed by atoms with E-state index in [9.17, 15) is 21.6 Å². The van der Waals surface area contributed by atoms with Crippen molar-refractivity contribution in [2.45, 2.75) is 12.9 Å². The highest BCUT2D eigenvalue weighted by Crippen LogP contribution is 2.26. The third-order valence-corrected chi connectivity index (χ3v) is 4.06. The van der Waals surface area contributed by atoms with Crippen LogP contribution in [0.25, 0.3) is 16.8 Å². The first-order valence-corrected chi connectivity index (χ1v) is 9.14.